The van der Waals surface area contributed by atoms with E-state index in [4.69, 9.17) is 10.00 Å². The zero-order valence-corrected chi connectivity index (χ0v) is 17.2. The van der Waals surface area contributed by atoms with Crippen LogP contribution in [0.2, 0.25) is 0 Å². The third-order valence-corrected chi connectivity index (χ3v) is 7.07. The summed E-state index contributed by atoms with van der Waals surface area (Å²) in [7, 11) is 0. The first-order valence-electron chi connectivity index (χ1n) is 11.0. The molecule has 154 valence electrons. The summed E-state index contributed by atoms with van der Waals surface area (Å²) in [4.78, 5) is 15.2. The lowest BCUT2D eigenvalue weighted by molar-refractivity contribution is -0.0336. The van der Waals surface area contributed by atoms with Crippen molar-refractivity contribution in [3.05, 3.63) is 59.2 Å². The van der Waals surface area contributed by atoms with Gasteiger partial charge in [0.15, 0.2) is 0 Å². The molecule has 1 saturated carbocycles. The summed E-state index contributed by atoms with van der Waals surface area (Å²) in [6.07, 6.45) is 8.38. The molecule has 5 nitrogen and oxygen atoms in total. The lowest BCUT2D eigenvalue weighted by Gasteiger charge is -2.48. The molecule has 2 aromatic rings. The summed E-state index contributed by atoms with van der Waals surface area (Å²) < 4.78 is 6.54. The maximum Gasteiger partial charge on any atom is 0.255 e. The number of hydrogen-bond acceptors (Lipinski definition) is 4. The van der Waals surface area contributed by atoms with Gasteiger partial charge in [-0.3, -0.25) is 4.79 Å². The fraction of sp³-hybridized carbons (Fsp3) is 0.440. The zero-order valence-electron chi connectivity index (χ0n) is 17.2. The van der Waals surface area contributed by atoms with Crippen LogP contribution in [0.15, 0.2) is 42.5 Å². The van der Waals surface area contributed by atoms with Gasteiger partial charge in [-0.05, 0) is 86.6 Å². The highest BCUT2D eigenvalue weighted by Crippen LogP contribution is 2.41. The van der Waals surface area contributed by atoms with Crippen LogP contribution in [0.3, 0.4) is 0 Å². The van der Waals surface area contributed by atoms with Crippen molar-refractivity contribution in [2.45, 2.75) is 56.6 Å². The van der Waals surface area contributed by atoms with Gasteiger partial charge in [-0.15, -0.1) is 0 Å². The number of ether oxygens (including phenoxy) is 1. The molecule has 2 fully saturated rings. The van der Waals surface area contributed by atoms with Crippen LogP contribution in [0, 0.1) is 11.3 Å². The summed E-state index contributed by atoms with van der Waals surface area (Å²) in [5.74, 6) is 0.797. The lowest BCUT2D eigenvalue weighted by atomic mass is 9.81. The van der Waals surface area contributed by atoms with E-state index in [0.29, 0.717) is 11.1 Å². The van der Waals surface area contributed by atoms with Gasteiger partial charge in [0.25, 0.3) is 5.91 Å². The van der Waals surface area contributed by atoms with Gasteiger partial charge in [-0.25, -0.2) is 0 Å². The first-order chi connectivity index (χ1) is 14.6. The van der Waals surface area contributed by atoms with Crippen molar-refractivity contribution < 1.29 is 9.53 Å². The molecule has 2 aliphatic heterocycles. The number of amides is 1. The van der Waals surface area contributed by atoms with Gasteiger partial charge < -0.3 is 15.0 Å². The molecule has 30 heavy (non-hydrogen) atoms. The Morgan fingerprint density at radius 2 is 1.87 bits per heavy atom. The predicted molar refractivity (Wildman–Crippen MR) is 116 cm³/mol. The van der Waals surface area contributed by atoms with Crippen molar-refractivity contribution in [3.8, 4) is 11.8 Å². The average molecular weight is 402 g/mol. The Kier molecular flexibility index (Phi) is 4.96. The smallest absolute Gasteiger partial charge is 0.255 e. The van der Waals surface area contributed by atoms with Crippen molar-refractivity contribution in [1.82, 2.24) is 4.90 Å². The Balaban J connectivity index is 1.23. The summed E-state index contributed by atoms with van der Waals surface area (Å²) in [5.41, 5.74) is 3.02. The number of likely N-dealkylation sites (tertiary alicyclic amines) is 1. The molecule has 1 amide bonds. The van der Waals surface area contributed by atoms with Gasteiger partial charge in [-0.2, -0.15) is 5.26 Å². The van der Waals surface area contributed by atoms with Gasteiger partial charge in [0.2, 0.25) is 0 Å². The molecule has 1 spiro atoms. The van der Waals surface area contributed by atoms with Crippen molar-refractivity contribution >= 4 is 11.6 Å². The third kappa shape index (κ3) is 3.68. The number of aryl methyl sites for hydroxylation is 1. The maximum absolute atomic E-state index is 12.5. The van der Waals surface area contributed by atoms with E-state index in [1.54, 1.807) is 24.3 Å². The van der Waals surface area contributed by atoms with E-state index in [1.165, 1.54) is 24.8 Å². The maximum atomic E-state index is 12.5. The van der Waals surface area contributed by atoms with Crippen molar-refractivity contribution in [2.75, 3.05) is 18.4 Å². The molecule has 2 aromatic carbocycles. The van der Waals surface area contributed by atoms with E-state index >= 15 is 0 Å². The van der Waals surface area contributed by atoms with E-state index in [-0.39, 0.29) is 11.5 Å². The van der Waals surface area contributed by atoms with Gasteiger partial charge in [0.05, 0.1) is 11.6 Å². The number of hydrogen-bond donors (Lipinski definition) is 1. The first kappa shape index (κ1) is 19.1. The molecule has 1 aliphatic carbocycles. The second-order valence-corrected chi connectivity index (χ2v) is 8.87. The number of rotatable bonds is 3. The number of benzene rings is 2. The molecule has 2 heterocycles. The van der Waals surface area contributed by atoms with E-state index in [9.17, 15) is 4.79 Å². The normalized spacial score (nSPS) is 20.5. The number of anilines is 1. The lowest BCUT2D eigenvalue weighted by Crippen LogP contribution is -2.53. The number of fused-ring (bicyclic) bond motifs is 1. The van der Waals surface area contributed by atoms with Crippen LogP contribution in [-0.4, -0.2) is 35.5 Å². The van der Waals surface area contributed by atoms with E-state index < -0.39 is 0 Å². The van der Waals surface area contributed by atoms with Crippen LogP contribution >= 0.6 is 0 Å². The number of carbonyl (C=O) groups is 1. The highest BCUT2D eigenvalue weighted by atomic mass is 16.5. The molecule has 3 aliphatic rings. The average Bonchev–Trinajstić information content (AvgIpc) is 2.74. The third-order valence-electron chi connectivity index (χ3n) is 7.07. The first-order valence-corrected chi connectivity index (χ1v) is 11.0. The molecule has 0 radical (unpaired) electrons. The number of nitrogens with zero attached hydrogens (tertiary/aromatic N) is 2. The second kappa shape index (κ2) is 7.77. The molecular weight excluding hydrogens is 374 g/mol. The largest absolute Gasteiger partial charge is 0.487 e. The minimum Gasteiger partial charge on any atom is -0.487 e. The number of nitriles is 1. The number of piperidine rings is 1. The van der Waals surface area contributed by atoms with Crippen molar-refractivity contribution in [2.24, 2.45) is 0 Å². The fourth-order valence-electron chi connectivity index (χ4n) is 4.90. The standard InChI is InChI=1S/C25H27N3O2/c26-17-18-4-6-19(7-5-18)24(29)27-21-8-9-23-20(16-21)10-11-25(30-23)12-14-28(15-13-25)22-2-1-3-22/h4-9,16,22H,1-3,10-15H2,(H,27,29). The monoisotopic (exact) mass is 401 g/mol. The van der Waals surface area contributed by atoms with Crippen LogP contribution in [0.4, 0.5) is 5.69 Å². The molecular formula is C25H27N3O2. The van der Waals surface area contributed by atoms with E-state index in [2.05, 4.69) is 16.3 Å². The molecule has 1 saturated heterocycles. The van der Waals surface area contributed by atoms with Crippen molar-refractivity contribution in [1.29, 1.82) is 5.26 Å². The Morgan fingerprint density at radius 3 is 2.53 bits per heavy atom. The summed E-state index contributed by atoms with van der Waals surface area (Å²) in [6.45, 7) is 2.30. The summed E-state index contributed by atoms with van der Waals surface area (Å²) in [5, 5.41) is 11.9. The van der Waals surface area contributed by atoms with Crippen molar-refractivity contribution in [3.63, 3.8) is 0 Å². The van der Waals surface area contributed by atoms with Gasteiger partial charge in [0.1, 0.15) is 11.4 Å². The van der Waals surface area contributed by atoms with E-state index in [1.807, 2.05) is 18.2 Å². The zero-order chi connectivity index (χ0) is 20.6. The highest BCUT2D eigenvalue weighted by Gasteiger charge is 2.41. The minimum absolute atomic E-state index is 0.0134. The minimum atomic E-state index is -0.170. The Morgan fingerprint density at radius 1 is 1.10 bits per heavy atom. The summed E-state index contributed by atoms with van der Waals surface area (Å²) >= 11 is 0. The Hall–Kier alpha value is -2.84. The fourth-order valence-corrected chi connectivity index (χ4v) is 4.90. The van der Waals surface area contributed by atoms with E-state index in [0.717, 1.165) is 56.3 Å². The molecule has 0 unspecified atom stereocenters. The van der Waals surface area contributed by atoms with Gasteiger partial charge in [-0.1, -0.05) is 6.42 Å². The number of nitrogens with one attached hydrogen (secondary N) is 1. The van der Waals surface area contributed by atoms with Crippen LogP contribution < -0.4 is 10.1 Å². The molecule has 0 aromatic heterocycles. The SMILES string of the molecule is N#Cc1ccc(C(=O)Nc2ccc3c(c2)CCC2(CCN(C4CCC4)CC2)O3)cc1. The molecule has 5 heteroatoms. The summed E-state index contributed by atoms with van der Waals surface area (Å²) in [6, 6.07) is 15.5. The number of carbonyl (C=O) groups excluding carboxylic acids is 1. The Labute approximate surface area is 177 Å². The van der Waals surface area contributed by atoms with Crippen LogP contribution in [0.1, 0.15) is 60.0 Å². The van der Waals surface area contributed by atoms with Crippen LogP contribution in [0.25, 0.3) is 0 Å². The Bertz CT molecular complexity index is 980. The van der Waals surface area contributed by atoms with Crippen LogP contribution in [-0.2, 0) is 6.42 Å². The highest BCUT2D eigenvalue weighted by molar-refractivity contribution is 6.04. The second-order valence-electron chi connectivity index (χ2n) is 8.87. The molecule has 5 rings (SSSR count). The molecule has 0 atom stereocenters. The molecule has 1 N–H and O–H groups in total. The van der Waals surface area contributed by atoms with Gasteiger partial charge >= 0.3 is 0 Å². The quantitative estimate of drug-likeness (QED) is 0.821. The molecule has 0 bridgehead atoms. The van der Waals surface area contributed by atoms with Crippen LogP contribution in [0.5, 0.6) is 5.75 Å². The predicted octanol–water partition coefficient (Wildman–Crippen LogP) is 4.52. The topological polar surface area (TPSA) is 65.4 Å². The van der Waals surface area contributed by atoms with Gasteiger partial charge in [0, 0.05) is 30.4 Å².